The van der Waals surface area contributed by atoms with E-state index < -0.39 is 11.7 Å². The minimum absolute atomic E-state index is 0.166. The van der Waals surface area contributed by atoms with Gasteiger partial charge >= 0.3 is 6.18 Å². The Morgan fingerprint density at radius 1 is 0.897 bits per heavy atom. The van der Waals surface area contributed by atoms with Gasteiger partial charge in [-0.1, -0.05) is 72.3 Å². The molecule has 0 saturated heterocycles. The van der Waals surface area contributed by atoms with Crippen molar-refractivity contribution in [3.63, 3.8) is 0 Å². The molecule has 0 bridgehead atoms. The fourth-order valence-corrected chi connectivity index (χ4v) is 3.48. The van der Waals surface area contributed by atoms with E-state index in [1.165, 1.54) is 12.3 Å². The van der Waals surface area contributed by atoms with Crippen LogP contribution in [0, 0.1) is 6.92 Å². The van der Waals surface area contributed by atoms with Crippen LogP contribution in [0.5, 0.6) is 0 Å². The molecule has 0 fully saturated rings. The maximum atomic E-state index is 13.5. The van der Waals surface area contributed by atoms with Crippen LogP contribution in [-0.2, 0) is 6.18 Å². The van der Waals surface area contributed by atoms with E-state index in [9.17, 15) is 18.0 Å². The van der Waals surface area contributed by atoms with Crippen molar-refractivity contribution in [2.24, 2.45) is 0 Å². The summed E-state index contributed by atoms with van der Waals surface area (Å²) in [4.78, 5) is 17.3. The number of alkyl halides is 3. The number of aromatic nitrogens is 1. The van der Waals surface area contributed by atoms with Gasteiger partial charge in [-0.3, -0.25) is 9.78 Å². The Labute approximate surface area is 165 Å². The summed E-state index contributed by atoms with van der Waals surface area (Å²) in [6.45, 7) is 1.90. The van der Waals surface area contributed by atoms with Crippen LogP contribution in [0.3, 0.4) is 0 Å². The van der Waals surface area contributed by atoms with E-state index in [-0.39, 0.29) is 16.9 Å². The topological polar surface area (TPSA) is 30.0 Å². The number of ketones is 1. The third-order valence-corrected chi connectivity index (χ3v) is 4.79. The maximum absolute atomic E-state index is 13.5. The van der Waals surface area contributed by atoms with E-state index in [1.54, 1.807) is 42.5 Å². The first-order chi connectivity index (χ1) is 13.9. The fraction of sp³-hybridized carbons (Fsp3) is 0.0833. The molecule has 0 radical (unpaired) electrons. The van der Waals surface area contributed by atoms with Crippen molar-refractivity contribution in [1.29, 1.82) is 0 Å². The normalized spacial score (nSPS) is 11.6. The third-order valence-electron chi connectivity index (χ3n) is 4.79. The van der Waals surface area contributed by atoms with Gasteiger partial charge in [-0.15, -0.1) is 0 Å². The Kier molecular flexibility index (Phi) is 4.66. The van der Waals surface area contributed by atoms with E-state index in [2.05, 4.69) is 4.98 Å². The predicted octanol–water partition coefficient (Wildman–Crippen LogP) is 6.46. The van der Waals surface area contributed by atoms with Crippen LogP contribution in [0.4, 0.5) is 13.2 Å². The zero-order valence-electron chi connectivity index (χ0n) is 15.5. The van der Waals surface area contributed by atoms with Crippen molar-refractivity contribution < 1.29 is 18.0 Å². The van der Waals surface area contributed by atoms with Crippen LogP contribution >= 0.6 is 0 Å². The smallest absolute Gasteiger partial charge is 0.289 e. The summed E-state index contributed by atoms with van der Waals surface area (Å²) in [6.07, 6.45) is -3.29. The largest absolute Gasteiger partial charge is 0.418 e. The van der Waals surface area contributed by atoms with Gasteiger partial charge in [0.1, 0.15) is 0 Å². The number of benzene rings is 3. The first kappa shape index (κ1) is 18.9. The average Bonchev–Trinajstić information content (AvgIpc) is 2.72. The van der Waals surface area contributed by atoms with Crippen molar-refractivity contribution in [1.82, 2.24) is 4.98 Å². The molecule has 1 heterocycles. The molecule has 0 aliphatic rings. The lowest BCUT2D eigenvalue weighted by atomic mass is 9.90. The second-order valence-electron chi connectivity index (χ2n) is 6.81. The first-order valence-corrected chi connectivity index (χ1v) is 9.02. The zero-order chi connectivity index (χ0) is 20.6. The van der Waals surface area contributed by atoms with Crippen LogP contribution in [0.15, 0.2) is 79.0 Å². The van der Waals surface area contributed by atoms with E-state index in [1.807, 2.05) is 25.1 Å². The Morgan fingerprint density at radius 3 is 2.31 bits per heavy atom. The summed E-state index contributed by atoms with van der Waals surface area (Å²) in [5.74, 6) is -0.283. The summed E-state index contributed by atoms with van der Waals surface area (Å²) >= 11 is 0. The number of carbonyl (C=O) groups is 1. The molecular formula is C24H16F3NO. The molecule has 0 amide bonds. The quantitative estimate of drug-likeness (QED) is 0.375. The molecule has 2 nitrogen and oxygen atoms in total. The highest BCUT2D eigenvalue weighted by molar-refractivity contribution is 6.16. The number of hydrogen-bond acceptors (Lipinski definition) is 2. The SMILES string of the molecule is Cc1cccc(-c2c(C(=O)c3ccccc3)cnc3c(C(F)(F)F)cccc23)c1. The number of para-hydroxylation sites is 1. The summed E-state index contributed by atoms with van der Waals surface area (Å²) in [5.41, 5.74) is 1.82. The molecule has 4 rings (SSSR count). The Balaban J connectivity index is 2.07. The van der Waals surface area contributed by atoms with Gasteiger partial charge in [0.05, 0.1) is 11.1 Å². The number of halogens is 3. The molecule has 0 saturated carbocycles. The molecule has 0 aliphatic heterocycles. The summed E-state index contributed by atoms with van der Waals surface area (Å²) in [7, 11) is 0. The highest BCUT2D eigenvalue weighted by Crippen LogP contribution is 2.39. The molecule has 5 heteroatoms. The monoisotopic (exact) mass is 391 g/mol. The highest BCUT2D eigenvalue weighted by Gasteiger charge is 2.34. The van der Waals surface area contributed by atoms with Gasteiger partial charge in [0.25, 0.3) is 0 Å². The Morgan fingerprint density at radius 2 is 1.62 bits per heavy atom. The minimum Gasteiger partial charge on any atom is -0.289 e. The van der Waals surface area contributed by atoms with Gasteiger partial charge in [-0.05, 0) is 18.6 Å². The predicted molar refractivity (Wildman–Crippen MR) is 107 cm³/mol. The molecule has 0 atom stereocenters. The van der Waals surface area contributed by atoms with Crippen molar-refractivity contribution >= 4 is 16.7 Å². The molecule has 0 unspecified atom stereocenters. The lowest BCUT2D eigenvalue weighted by molar-refractivity contribution is -0.136. The lowest BCUT2D eigenvalue weighted by Gasteiger charge is -2.16. The number of pyridine rings is 1. The molecule has 4 aromatic rings. The number of nitrogens with zero attached hydrogens (tertiary/aromatic N) is 1. The van der Waals surface area contributed by atoms with Crippen LogP contribution in [0.2, 0.25) is 0 Å². The second-order valence-corrected chi connectivity index (χ2v) is 6.81. The van der Waals surface area contributed by atoms with Gasteiger partial charge in [0.2, 0.25) is 0 Å². The van der Waals surface area contributed by atoms with Gasteiger partial charge in [0.15, 0.2) is 5.78 Å². The maximum Gasteiger partial charge on any atom is 0.418 e. The fourth-order valence-electron chi connectivity index (χ4n) is 3.48. The Hall–Kier alpha value is -3.47. The van der Waals surface area contributed by atoms with Gasteiger partial charge in [-0.25, -0.2) is 0 Å². The summed E-state index contributed by atoms with van der Waals surface area (Å²) in [6, 6.07) is 20.0. The average molecular weight is 391 g/mol. The van der Waals surface area contributed by atoms with Crippen molar-refractivity contribution in [3.8, 4) is 11.1 Å². The van der Waals surface area contributed by atoms with Gasteiger partial charge < -0.3 is 0 Å². The van der Waals surface area contributed by atoms with Crippen LogP contribution in [0.25, 0.3) is 22.0 Å². The summed E-state index contributed by atoms with van der Waals surface area (Å²) in [5, 5.41) is 0.298. The number of fused-ring (bicyclic) bond motifs is 1. The molecule has 144 valence electrons. The number of carbonyl (C=O) groups excluding carboxylic acids is 1. The molecule has 0 spiro atoms. The van der Waals surface area contributed by atoms with E-state index in [0.29, 0.717) is 22.1 Å². The van der Waals surface area contributed by atoms with Gasteiger partial charge in [0, 0.05) is 28.3 Å². The molecule has 29 heavy (non-hydrogen) atoms. The third kappa shape index (κ3) is 3.51. The highest BCUT2D eigenvalue weighted by atomic mass is 19.4. The molecule has 1 aromatic heterocycles. The number of rotatable bonds is 3. The van der Waals surface area contributed by atoms with E-state index in [4.69, 9.17) is 0 Å². The molecule has 0 N–H and O–H groups in total. The van der Waals surface area contributed by atoms with Crippen LogP contribution in [-0.4, -0.2) is 10.8 Å². The van der Waals surface area contributed by atoms with Crippen LogP contribution in [0.1, 0.15) is 27.0 Å². The molecular weight excluding hydrogens is 375 g/mol. The lowest BCUT2D eigenvalue weighted by Crippen LogP contribution is -2.09. The second kappa shape index (κ2) is 7.17. The standard InChI is InChI=1S/C24H16F3NO/c1-15-7-5-10-17(13-15)21-18-11-6-12-20(24(25,26)27)22(18)28-14-19(21)23(29)16-8-3-2-4-9-16/h2-14H,1H3. The van der Waals surface area contributed by atoms with E-state index in [0.717, 1.165) is 11.6 Å². The molecule has 3 aromatic carbocycles. The first-order valence-electron chi connectivity index (χ1n) is 9.02. The van der Waals surface area contributed by atoms with Crippen molar-refractivity contribution in [2.45, 2.75) is 13.1 Å². The van der Waals surface area contributed by atoms with Crippen molar-refractivity contribution in [3.05, 3.63) is 101 Å². The van der Waals surface area contributed by atoms with Gasteiger partial charge in [-0.2, -0.15) is 13.2 Å². The Bertz CT molecular complexity index is 1210. The number of aryl methyl sites for hydroxylation is 1. The van der Waals surface area contributed by atoms with Crippen molar-refractivity contribution in [2.75, 3.05) is 0 Å². The zero-order valence-corrected chi connectivity index (χ0v) is 15.5. The van der Waals surface area contributed by atoms with E-state index >= 15 is 0 Å². The van der Waals surface area contributed by atoms with Crippen LogP contribution < -0.4 is 0 Å². The number of hydrogen-bond donors (Lipinski definition) is 0. The minimum atomic E-state index is -4.54. The molecule has 0 aliphatic carbocycles. The summed E-state index contributed by atoms with van der Waals surface area (Å²) < 4.78 is 40.6.